The minimum atomic E-state index is -1.53. The smallest absolute Gasteiger partial charge is 0.361 e. The molecule has 0 aromatic carbocycles. The largest absolute Gasteiger partial charge is 0.477 e. The summed E-state index contributed by atoms with van der Waals surface area (Å²) in [6.07, 6.45) is 73.9. The molecule has 0 saturated heterocycles. The quantitative estimate of drug-likeness (QED) is 0.0211. The molecule has 0 fully saturated rings. The minimum Gasteiger partial charge on any atom is -0.477 e. The maximum Gasteiger partial charge on any atom is 0.361 e. The first-order chi connectivity index (χ1) is 35.6. The molecule has 0 aliphatic carbocycles. The summed E-state index contributed by atoms with van der Waals surface area (Å²) in [5.74, 6) is -2.09. The number of likely N-dealkylation sites (N-methyl/N-ethyl adjacent to an activating group) is 1. The van der Waals surface area contributed by atoms with E-state index in [2.05, 4.69) is 148 Å². The zero-order valence-corrected chi connectivity index (χ0v) is 46.7. The molecule has 0 radical (unpaired) electrons. The van der Waals surface area contributed by atoms with Crippen LogP contribution in [0.15, 0.2) is 134 Å². The van der Waals surface area contributed by atoms with Crippen molar-refractivity contribution < 1.29 is 42.9 Å². The van der Waals surface area contributed by atoms with Crippen LogP contribution in [0.5, 0.6) is 0 Å². The van der Waals surface area contributed by atoms with Crippen LogP contribution >= 0.6 is 0 Å². The van der Waals surface area contributed by atoms with Gasteiger partial charge in [0.2, 0.25) is 0 Å². The second-order valence-corrected chi connectivity index (χ2v) is 19.5. The Balaban J connectivity index is 4.38. The molecule has 0 heterocycles. The van der Waals surface area contributed by atoms with Crippen LogP contribution in [0, 0.1) is 0 Å². The van der Waals surface area contributed by atoms with E-state index in [0.717, 1.165) is 116 Å². The van der Waals surface area contributed by atoms with Crippen molar-refractivity contribution in [2.75, 3.05) is 47.5 Å². The van der Waals surface area contributed by atoms with Crippen LogP contribution in [0.25, 0.3) is 0 Å². The number of carboxylic acids is 1. The number of allylic oxidation sites excluding steroid dienone is 22. The first-order valence-corrected chi connectivity index (χ1v) is 28.3. The Morgan fingerprint density at radius 1 is 0.425 bits per heavy atom. The molecule has 2 unspecified atom stereocenters. The lowest BCUT2D eigenvalue weighted by atomic mass is 10.1. The molecule has 0 saturated carbocycles. The zero-order chi connectivity index (χ0) is 53.4. The van der Waals surface area contributed by atoms with E-state index in [4.69, 9.17) is 18.9 Å². The van der Waals surface area contributed by atoms with Gasteiger partial charge in [0.15, 0.2) is 6.10 Å². The Bertz CT molecular complexity index is 1650. The average molecular weight is 1020 g/mol. The van der Waals surface area contributed by atoms with Crippen LogP contribution in [-0.4, -0.2) is 87.4 Å². The van der Waals surface area contributed by atoms with Crippen molar-refractivity contribution in [3.05, 3.63) is 134 Å². The number of esters is 2. The summed E-state index contributed by atoms with van der Waals surface area (Å²) in [6.45, 7) is 4.67. The van der Waals surface area contributed by atoms with Gasteiger partial charge in [-0.1, -0.05) is 199 Å². The standard InChI is InChI=1S/C64H103NO8/c1-6-8-10-12-14-16-18-20-22-23-24-25-26-27-28-29-30-31-32-33-34-35-36-37-38-39-41-43-45-47-49-51-53-55-62(67)73-60(59-72-64(63(68)69)70-57-56-65(3,4)5)58-71-61(66)54-52-50-48-46-44-42-40-21-19-17-15-13-11-9-7-2/h8,10,14,16,20-22,24-25,27-28,30-31,33-34,36-37,39-41,45,47,60,64H,6-7,9,11-13,15,17-19,23,26,29,32,35,38,42-44,46,48-59H2,1-5H3/p+1/b10-8-,16-14-,22-20-,25-24-,28-27-,31-30-,34-33-,37-36-,40-21-,41-39-,47-45-. The molecule has 0 aromatic rings. The molecule has 0 aromatic heterocycles. The molecular weight excluding hydrogens is 911 g/mol. The Hall–Kier alpha value is -4.57. The monoisotopic (exact) mass is 1010 g/mol. The number of carbonyl (C=O) groups is 3. The highest BCUT2D eigenvalue weighted by atomic mass is 16.7. The fourth-order valence-electron chi connectivity index (χ4n) is 7.03. The van der Waals surface area contributed by atoms with Crippen LogP contribution in [0.2, 0.25) is 0 Å². The van der Waals surface area contributed by atoms with Gasteiger partial charge in [0.25, 0.3) is 6.29 Å². The van der Waals surface area contributed by atoms with E-state index in [0.29, 0.717) is 17.4 Å². The van der Waals surface area contributed by atoms with Gasteiger partial charge in [0.05, 0.1) is 34.4 Å². The number of aliphatic carboxylic acids is 1. The van der Waals surface area contributed by atoms with Crippen LogP contribution < -0.4 is 0 Å². The summed E-state index contributed by atoms with van der Waals surface area (Å²) < 4.78 is 22.8. The van der Waals surface area contributed by atoms with Gasteiger partial charge >= 0.3 is 17.9 Å². The summed E-state index contributed by atoms with van der Waals surface area (Å²) in [5, 5.41) is 9.68. The first-order valence-electron chi connectivity index (χ1n) is 28.3. The highest BCUT2D eigenvalue weighted by Crippen LogP contribution is 2.12. The molecule has 0 amide bonds. The molecule has 0 aliphatic rings. The molecule has 2 atom stereocenters. The molecule has 73 heavy (non-hydrogen) atoms. The molecular formula is C64H104NO8+. The Morgan fingerprint density at radius 2 is 0.781 bits per heavy atom. The van der Waals surface area contributed by atoms with E-state index >= 15 is 0 Å². The summed E-state index contributed by atoms with van der Waals surface area (Å²) >= 11 is 0. The van der Waals surface area contributed by atoms with Gasteiger partial charge in [-0.25, -0.2) is 4.79 Å². The molecule has 0 spiro atoms. The van der Waals surface area contributed by atoms with E-state index in [1.807, 2.05) is 21.1 Å². The summed E-state index contributed by atoms with van der Waals surface area (Å²) in [7, 11) is 5.93. The zero-order valence-electron chi connectivity index (χ0n) is 46.7. The fraction of sp³-hybridized carbons (Fsp3) is 0.609. The summed E-state index contributed by atoms with van der Waals surface area (Å²) in [4.78, 5) is 37.3. The van der Waals surface area contributed by atoms with Crippen molar-refractivity contribution in [3.63, 3.8) is 0 Å². The second-order valence-electron chi connectivity index (χ2n) is 19.5. The number of rotatable bonds is 50. The van der Waals surface area contributed by atoms with Crippen molar-refractivity contribution in [2.24, 2.45) is 0 Å². The van der Waals surface area contributed by atoms with E-state index in [-0.39, 0.29) is 38.6 Å². The Morgan fingerprint density at radius 3 is 1.21 bits per heavy atom. The molecule has 1 N–H and O–H groups in total. The number of hydrogen-bond donors (Lipinski definition) is 1. The molecule has 9 heteroatoms. The van der Waals surface area contributed by atoms with E-state index in [9.17, 15) is 19.5 Å². The molecule has 0 bridgehead atoms. The van der Waals surface area contributed by atoms with Gasteiger partial charge < -0.3 is 28.5 Å². The Labute approximate surface area is 446 Å². The molecule has 0 aliphatic heterocycles. The van der Waals surface area contributed by atoms with Crippen LogP contribution in [0.4, 0.5) is 0 Å². The summed E-state index contributed by atoms with van der Waals surface area (Å²) in [6, 6.07) is 0. The maximum atomic E-state index is 12.8. The first kappa shape index (κ1) is 68.4. The van der Waals surface area contributed by atoms with E-state index in [1.165, 1.54) is 44.9 Å². The Kier molecular flexibility index (Phi) is 50.4. The number of nitrogens with zero attached hydrogens (tertiary/aromatic N) is 1. The van der Waals surface area contributed by atoms with Gasteiger partial charge in [-0.2, -0.15) is 0 Å². The van der Waals surface area contributed by atoms with Gasteiger partial charge in [-0.3, -0.25) is 9.59 Å². The highest BCUT2D eigenvalue weighted by molar-refractivity contribution is 5.71. The number of unbranched alkanes of at least 4 members (excludes halogenated alkanes) is 13. The third-order valence-electron chi connectivity index (χ3n) is 11.4. The maximum absolute atomic E-state index is 12.8. The number of quaternary nitrogens is 1. The van der Waals surface area contributed by atoms with Crippen molar-refractivity contribution in [2.45, 2.75) is 206 Å². The predicted octanol–water partition coefficient (Wildman–Crippen LogP) is 16.7. The lowest BCUT2D eigenvalue weighted by Gasteiger charge is -2.25. The van der Waals surface area contributed by atoms with Gasteiger partial charge in [-0.05, 0) is 116 Å². The molecule has 0 rings (SSSR count). The lowest BCUT2D eigenvalue weighted by Crippen LogP contribution is -2.40. The number of ether oxygens (including phenoxy) is 4. The summed E-state index contributed by atoms with van der Waals surface area (Å²) in [5.41, 5.74) is 0. The fourth-order valence-corrected chi connectivity index (χ4v) is 7.03. The van der Waals surface area contributed by atoms with Crippen LogP contribution in [0.1, 0.15) is 194 Å². The SMILES string of the molecule is CC/C=C\C/C=C\C/C=C\C/C=C\C/C=C\C/C=C\C/C=C\C/C=C\C/C=C\C/C=C\CCCCC(=O)OC(COC(=O)CCCCCCC/C=C\CCCCCCCC)COC(OCC[N+](C)(C)C)C(=O)O. The molecule has 412 valence electrons. The second kappa shape index (κ2) is 53.7. The minimum absolute atomic E-state index is 0.170. The van der Waals surface area contributed by atoms with Crippen molar-refractivity contribution >= 4 is 17.9 Å². The lowest BCUT2D eigenvalue weighted by molar-refractivity contribution is -0.870. The van der Waals surface area contributed by atoms with Crippen LogP contribution in [0.3, 0.4) is 0 Å². The third kappa shape index (κ3) is 55.0. The van der Waals surface area contributed by atoms with Gasteiger partial charge in [0, 0.05) is 12.8 Å². The number of carbonyl (C=O) groups excluding carboxylic acids is 2. The topological polar surface area (TPSA) is 108 Å². The van der Waals surface area contributed by atoms with Crippen molar-refractivity contribution in [1.29, 1.82) is 0 Å². The number of carboxylic acid groups (broad SMARTS) is 1. The van der Waals surface area contributed by atoms with Gasteiger partial charge in [-0.15, -0.1) is 0 Å². The predicted molar refractivity (Wildman–Crippen MR) is 308 cm³/mol. The van der Waals surface area contributed by atoms with E-state index in [1.54, 1.807) is 0 Å². The van der Waals surface area contributed by atoms with Crippen molar-refractivity contribution in [1.82, 2.24) is 0 Å². The normalized spacial score (nSPS) is 13.8. The van der Waals surface area contributed by atoms with E-state index < -0.39 is 24.3 Å². The average Bonchev–Trinajstić information content (AvgIpc) is 3.36. The third-order valence-corrected chi connectivity index (χ3v) is 11.4. The molecule has 9 nitrogen and oxygen atoms in total. The highest BCUT2D eigenvalue weighted by Gasteiger charge is 2.25. The van der Waals surface area contributed by atoms with Crippen LogP contribution in [-0.2, 0) is 33.3 Å². The van der Waals surface area contributed by atoms with Crippen molar-refractivity contribution in [3.8, 4) is 0 Å². The number of hydrogen-bond acceptors (Lipinski definition) is 7. The van der Waals surface area contributed by atoms with Gasteiger partial charge in [0.1, 0.15) is 13.2 Å².